The Labute approximate surface area is 218 Å². The van der Waals surface area contributed by atoms with E-state index in [-0.39, 0.29) is 5.56 Å². The van der Waals surface area contributed by atoms with Crippen LogP contribution in [0.3, 0.4) is 0 Å². The zero-order valence-electron chi connectivity index (χ0n) is 20.6. The fraction of sp³-hybridized carbons (Fsp3) is 0.0690. The summed E-state index contributed by atoms with van der Waals surface area (Å²) in [6.45, 7) is 3.91. The van der Waals surface area contributed by atoms with Crippen LogP contribution in [0.15, 0.2) is 79.1 Å². The average molecular weight is 503 g/mol. The smallest absolute Gasteiger partial charge is 0.335 e. The van der Waals surface area contributed by atoms with E-state index in [1.807, 2.05) is 50.2 Å². The Morgan fingerprint density at radius 3 is 2.39 bits per heavy atom. The normalized spacial score (nSPS) is 10.6. The number of carboxylic acid groups (broad SMARTS) is 1. The molecule has 0 fully saturated rings. The summed E-state index contributed by atoms with van der Waals surface area (Å²) in [4.78, 5) is 19.8. The molecule has 9 heteroatoms. The fourth-order valence-corrected chi connectivity index (χ4v) is 3.88. The molecule has 0 bridgehead atoms. The van der Waals surface area contributed by atoms with Crippen LogP contribution in [0, 0.1) is 26.2 Å². The van der Waals surface area contributed by atoms with Crippen LogP contribution in [0.25, 0.3) is 16.9 Å². The first kappa shape index (κ1) is 24.2. The van der Waals surface area contributed by atoms with Crippen molar-refractivity contribution in [1.82, 2.24) is 25.0 Å². The first-order valence-corrected chi connectivity index (χ1v) is 11.6. The molecule has 0 radical (unpaired) electrons. The summed E-state index contributed by atoms with van der Waals surface area (Å²) < 4.78 is 7.75. The number of nitrogens with one attached hydrogen (secondary N) is 1. The van der Waals surface area contributed by atoms with Gasteiger partial charge in [0.15, 0.2) is 0 Å². The van der Waals surface area contributed by atoms with E-state index in [0.29, 0.717) is 29.0 Å². The van der Waals surface area contributed by atoms with E-state index < -0.39 is 5.97 Å². The Bertz CT molecular complexity index is 1650. The highest BCUT2D eigenvalue weighted by Crippen LogP contribution is 2.32. The molecule has 0 saturated carbocycles. The minimum atomic E-state index is -0.978. The van der Waals surface area contributed by atoms with E-state index in [4.69, 9.17) is 16.3 Å². The van der Waals surface area contributed by atoms with E-state index >= 15 is 0 Å². The van der Waals surface area contributed by atoms with Crippen molar-refractivity contribution >= 4 is 17.6 Å². The van der Waals surface area contributed by atoms with Gasteiger partial charge in [0.25, 0.3) is 0 Å². The molecule has 2 aromatic heterocycles. The molecular formula is C29H22N6O3. The van der Waals surface area contributed by atoms with Gasteiger partial charge in [-0.25, -0.2) is 14.5 Å². The number of anilines is 2. The topological polar surface area (TPSA) is 115 Å². The summed E-state index contributed by atoms with van der Waals surface area (Å²) in [7, 11) is 0. The van der Waals surface area contributed by atoms with Crippen molar-refractivity contribution in [3.05, 3.63) is 101 Å². The SMILES string of the molecule is C#Cc1ccc(Nc2nccc(Oc3c(C)cc(-c4cn(-c5ccc(C(=O)O)cc5)nn4)cc3C)n2)cc1. The van der Waals surface area contributed by atoms with Crippen molar-refractivity contribution in [2.24, 2.45) is 0 Å². The minimum absolute atomic E-state index is 0.209. The fourth-order valence-electron chi connectivity index (χ4n) is 3.88. The molecule has 0 spiro atoms. The number of rotatable bonds is 7. The van der Waals surface area contributed by atoms with Crippen LogP contribution in [0.2, 0.25) is 0 Å². The quantitative estimate of drug-likeness (QED) is 0.278. The molecule has 5 rings (SSSR count). The zero-order valence-corrected chi connectivity index (χ0v) is 20.6. The number of terminal acetylenes is 1. The molecule has 0 saturated heterocycles. The van der Waals surface area contributed by atoms with E-state index in [2.05, 4.69) is 31.5 Å². The highest BCUT2D eigenvalue weighted by Gasteiger charge is 2.13. The second-order valence-electron chi connectivity index (χ2n) is 8.51. The summed E-state index contributed by atoms with van der Waals surface area (Å²) in [5.41, 5.74) is 5.87. The molecule has 0 aliphatic heterocycles. The minimum Gasteiger partial charge on any atom is -0.478 e. The van der Waals surface area contributed by atoms with Crippen LogP contribution < -0.4 is 10.1 Å². The molecule has 2 heterocycles. The Morgan fingerprint density at radius 2 is 1.74 bits per heavy atom. The van der Waals surface area contributed by atoms with Gasteiger partial charge in [-0.05, 0) is 85.6 Å². The van der Waals surface area contributed by atoms with Gasteiger partial charge >= 0.3 is 5.97 Å². The van der Waals surface area contributed by atoms with Crippen LogP contribution in [-0.2, 0) is 0 Å². The second kappa shape index (κ2) is 10.2. The first-order valence-electron chi connectivity index (χ1n) is 11.6. The maximum Gasteiger partial charge on any atom is 0.335 e. The van der Waals surface area contributed by atoms with Crippen molar-refractivity contribution in [2.75, 3.05) is 5.32 Å². The maximum atomic E-state index is 11.1. The lowest BCUT2D eigenvalue weighted by Crippen LogP contribution is -1.99. The number of carbonyl (C=O) groups is 1. The van der Waals surface area contributed by atoms with Gasteiger partial charge in [-0.1, -0.05) is 11.1 Å². The third kappa shape index (κ3) is 5.20. The van der Waals surface area contributed by atoms with Crippen LogP contribution in [0.4, 0.5) is 11.6 Å². The second-order valence-corrected chi connectivity index (χ2v) is 8.51. The number of aryl methyl sites for hydroxylation is 2. The van der Waals surface area contributed by atoms with Crippen molar-refractivity contribution in [3.8, 4) is 40.9 Å². The lowest BCUT2D eigenvalue weighted by Gasteiger charge is -2.13. The van der Waals surface area contributed by atoms with Crippen LogP contribution in [0.1, 0.15) is 27.0 Å². The monoisotopic (exact) mass is 502 g/mol. The number of hydrogen-bond donors (Lipinski definition) is 2. The third-order valence-corrected chi connectivity index (χ3v) is 5.77. The highest BCUT2D eigenvalue weighted by molar-refractivity contribution is 5.87. The Morgan fingerprint density at radius 1 is 1.03 bits per heavy atom. The van der Waals surface area contributed by atoms with Crippen LogP contribution in [-0.4, -0.2) is 36.0 Å². The summed E-state index contributed by atoms with van der Waals surface area (Å²) in [5.74, 6) is 3.10. The van der Waals surface area contributed by atoms with E-state index in [0.717, 1.165) is 27.9 Å². The number of benzene rings is 3. The number of aromatic carboxylic acids is 1. The summed E-state index contributed by atoms with van der Waals surface area (Å²) in [6.07, 6.45) is 8.84. The van der Waals surface area contributed by atoms with Gasteiger partial charge in [-0.15, -0.1) is 11.5 Å². The Balaban J connectivity index is 1.34. The standard InChI is InChI=1S/C29H22N6O3/c1-4-20-5-9-23(10-6-20)31-29-30-14-13-26(32-29)38-27-18(2)15-22(16-19(27)3)25-17-35(34-33-25)24-11-7-21(8-12-24)28(36)37/h1,5-17H,2-3H3,(H,36,37)(H,30,31,32). The number of ether oxygens (including phenoxy) is 1. The Hall–Kier alpha value is -5.49. The summed E-state index contributed by atoms with van der Waals surface area (Å²) in [6, 6.07) is 19.5. The Kier molecular flexibility index (Phi) is 6.53. The van der Waals surface area contributed by atoms with Gasteiger partial charge < -0.3 is 15.2 Å². The molecule has 186 valence electrons. The van der Waals surface area contributed by atoms with Gasteiger partial charge in [0.2, 0.25) is 11.8 Å². The lowest BCUT2D eigenvalue weighted by molar-refractivity contribution is 0.0697. The van der Waals surface area contributed by atoms with Gasteiger partial charge in [0.1, 0.15) is 11.4 Å². The third-order valence-electron chi connectivity index (χ3n) is 5.77. The maximum absolute atomic E-state index is 11.1. The predicted octanol–water partition coefficient (Wildman–Crippen LogP) is 5.56. The van der Waals surface area contributed by atoms with Crippen molar-refractivity contribution in [2.45, 2.75) is 13.8 Å². The van der Waals surface area contributed by atoms with Gasteiger partial charge in [0, 0.05) is 29.1 Å². The predicted molar refractivity (Wildman–Crippen MR) is 143 cm³/mol. The molecule has 0 aliphatic rings. The molecule has 9 nitrogen and oxygen atoms in total. The van der Waals surface area contributed by atoms with Gasteiger partial charge in [-0.2, -0.15) is 4.98 Å². The zero-order chi connectivity index (χ0) is 26.6. The number of hydrogen-bond acceptors (Lipinski definition) is 7. The number of aromatic nitrogens is 5. The average Bonchev–Trinajstić information content (AvgIpc) is 3.42. The lowest BCUT2D eigenvalue weighted by atomic mass is 10.0. The van der Waals surface area contributed by atoms with Crippen LogP contribution in [0.5, 0.6) is 11.6 Å². The molecule has 38 heavy (non-hydrogen) atoms. The molecule has 0 amide bonds. The van der Waals surface area contributed by atoms with Gasteiger partial charge in [0.05, 0.1) is 17.4 Å². The number of carboxylic acids is 1. The van der Waals surface area contributed by atoms with Crippen molar-refractivity contribution in [1.29, 1.82) is 0 Å². The van der Waals surface area contributed by atoms with Crippen LogP contribution >= 0.6 is 0 Å². The molecule has 0 unspecified atom stereocenters. The molecule has 2 N–H and O–H groups in total. The van der Waals surface area contributed by atoms with Crippen molar-refractivity contribution in [3.63, 3.8) is 0 Å². The van der Waals surface area contributed by atoms with E-state index in [9.17, 15) is 4.79 Å². The molecule has 5 aromatic rings. The number of nitrogens with zero attached hydrogens (tertiary/aromatic N) is 5. The largest absolute Gasteiger partial charge is 0.478 e. The first-order chi connectivity index (χ1) is 18.4. The highest BCUT2D eigenvalue weighted by atomic mass is 16.5. The molecular weight excluding hydrogens is 480 g/mol. The van der Waals surface area contributed by atoms with E-state index in [1.54, 1.807) is 35.3 Å². The molecule has 3 aromatic carbocycles. The summed E-state index contributed by atoms with van der Waals surface area (Å²) in [5, 5.41) is 20.7. The molecule has 0 atom stereocenters. The molecule has 0 aliphatic carbocycles. The van der Waals surface area contributed by atoms with E-state index in [1.165, 1.54) is 12.1 Å². The summed E-state index contributed by atoms with van der Waals surface area (Å²) >= 11 is 0. The van der Waals surface area contributed by atoms with Crippen molar-refractivity contribution < 1.29 is 14.6 Å². The van der Waals surface area contributed by atoms with Gasteiger partial charge in [-0.3, -0.25) is 0 Å².